The molecule has 3 heterocycles. The summed E-state index contributed by atoms with van der Waals surface area (Å²) in [5.74, 6) is 0.851. The second-order valence-electron chi connectivity index (χ2n) is 5.82. The summed E-state index contributed by atoms with van der Waals surface area (Å²) in [6.45, 7) is 3.71. The van der Waals surface area contributed by atoms with E-state index in [2.05, 4.69) is 25.5 Å². The van der Waals surface area contributed by atoms with E-state index in [1.165, 1.54) is 4.68 Å². The molecule has 0 atom stereocenters. The third-order valence-electron chi connectivity index (χ3n) is 4.12. The zero-order valence-electron chi connectivity index (χ0n) is 13.6. The predicted octanol–water partition coefficient (Wildman–Crippen LogP) is 0.751. The fourth-order valence-electron chi connectivity index (χ4n) is 2.79. The Balaban J connectivity index is 1.51. The fourth-order valence-corrected chi connectivity index (χ4v) is 2.79. The van der Waals surface area contributed by atoms with Crippen molar-refractivity contribution in [3.63, 3.8) is 0 Å². The minimum absolute atomic E-state index is 0.153. The van der Waals surface area contributed by atoms with Gasteiger partial charge in [0, 0.05) is 37.8 Å². The van der Waals surface area contributed by atoms with Crippen molar-refractivity contribution in [2.45, 2.75) is 6.54 Å². The van der Waals surface area contributed by atoms with E-state index in [0.717, 1.165) is 37.4 Å². The molecule has 0 spiro atoms. The molecule has 3 aromatic rings. The van der Waals surface area contributed by atoms with Gasteiger partial charge in [0.2, 0.25) is 11.7 Å². The lowest BCUT2D eigenvalue weighted by Gasteiger charge is -2.28. The number of nitrogens with one attached hydrogen (secondary N) is 1. The SMILES string of the molecule is O=c1cc(N2CCNCC2)cnn1Cc1nc(-c2ccccc2)no1. The molecule has 2 aromatic heterocycles. The van der Waals surface area contributed by atoms with Crippen LogP contribution in [0.4, 0.5) is 5.69 Å². The molecule has 0 amide bonds. The van der Waals surface area contributed by atoms with Gasteiger partial charge in [-0.3, -0.25) is 4.79 Å². The first-order valence-electron chi connectivity index (χ1n) is 8.20. The zero-order chi connectivity index (χ0) is 17.1. The first-order chi connectivity index (χ1) is 12.3. The van der Waals surface area contributed by atoms with Crippen LogP contribution in [-0.2, 0) is 6.54 Å². The van der Waals surface area contributed by atoms with Gasteiger partial charge in [-0.05, 0) is 0 Å². The molecular formula is C17H18N6O2. The van der Waals surface area contributed by atoms with Gasteiger partial charge >= 0.3 is 0 Å². The maximum absolute atomic E-state index is 12.3. The largest absolute Gasteiger partial charge is 0.368 e. The molecule has 0 aliphatic carbocycles. The summed E-state index contributed by atoms with van der Waals surface area (Å²) in [5.41, 5.74) is 1.53. The van der Waals surface area contributed by atoms with E-state index in [1.807, 2.05) is 30.3 Å². The number of hydrogen-bond acceptors (Lipinski definition) is 7. The molecule has 8 nitrogen and oxygen atoms in total. The van der Waals surface area contributed by atoms with E-state index in [9.17, 15) is 4.79 Å². The van der Waals surface area contributed by atoms with Crippen LogP contribution in [0.25, 0.3) is 11.4 Å². The van der Waals surface area contributed by atoms with Gasteiger partial charge in [0.05, 0.1) is 11.9 Å². The Hall–Kier alpha value is -3.00. The number of nitrogens with zero attached hydrogens (tertiary/aromatic N) is 5. The molecule has 4 rings (SSSR count). The first-order valence-corrected chi connectivity index (χ1v) is 8.20. The van der Waals surface area contributed by atoms with Crippen molar-refractivity contribution >= 4 is 5.69 Å². The van der Waals surface area contributed by atoms with Crippen molar-refractivity contribution in [3.05, 3.63) is 58.8 Å². The summed E-state index contributed by atoms with van der Waals surface area (Å²) >= 11 is 0. The van der Waals surface area contributed by atoms with Gasteiger partial charge in [-0.2, -0.15) is 10.1 Å². The average molecular weight is 338 g/mol. The molecule has 8 heteroatoms. The number of piperazine rings is 1. The minimum Gasteiger partial charge on any atom is -0.368 e. The maximum atomic E-state index is 12.3. The van der Waals surface area contributed by atoms with Crippen LogP contribution in [0.1, 0.15) is 5.89 Å². The highest BCUT2D eigenvalue weighted by Gasteiger charge is 2.14. The smallest absolute Gasteiger partial charge is 0.269 e. The molecular weight excluding hydrogens is 320 g/mol. The van der Waals surface area contributed by atoms with Crippen LogP contribution in [-0.4, -0.2) is 46.1 Å². The molecule has 1 aliphatic rings. The Labute approximate surface area is 144 Å². The molecule has 0 saturated carbocycles. The van der Waals surface area contributed by atoms with Crippen LogP contribution in [0.3, 0.4) is 0 Å². The Bertz CT molecular complexity index is 899. The van der Waals surface area contributed by atoms with E-state index in [0.29, 0.717) is 11.7 Å². The Kier molecular flexibility index (Phi) is 4.26. The third-order valence-corrected chi connectivity index (χ3v) is 4.12. The number of anilines is 1. The summed E-state index contributed by atoms with van der Waals surface area (Å²) in [7, 11) is 0. The Morgan fingerprint density at radius 2 is 1.96 bits per heavy atom. The number of aromatic nitrogens is 4. The maximum Gasteiger partial charge on any atom is 0.269 e. The monoisotopic (exact) mass is 338 g/mol. The predicted molar refractivity (Wildman–Crippen MR) is 92.4 cm³/mol. The minimum atomic E-state index is -0.185. The van der Waals surface area contributed by atoms with E-state index < -0.39 is 0 Å². The van der Waals surface area contributed by atoms with Gasteiger partial charge in [-0.25, -0.2) is 4.68 Å². The molecule has 1 N–H and O–H groups in total. The lowest BCUT2D eigenvalue weighted by atomic mass is 10.2. The van der Waals surface area contributed by atoms with Crippen molar-refractivity contribution in [3.8, 4) is 11.4 Å². The van der Waals surface area contributed by atoms with Crippen LogP contribution in [0, 0.1) is 0 Å². The van der Waals surface area contributed by atoms with Crippen LogP contribution >= 0.6 is 0 Å². The van der Waals surface area contributed by atoms with Gasteiger partial charge in [-0.1, -0.05) is 35.5 Å². The van der Waals surface area contributed by atoms with E-state index in [1.54, 1.807) is 12.3 Å². The molecule has 0 unspecified atom stereocenters. The van der Waals surface area contributed by atoms with Gasteiger partial charge in [0.15, 0.2) is 0 Å². The summed E-state index contributed by atoms with van der Waals surface area (Å²) in [6.07, 6.45) is 1.71. The number of benzene rings is 1. The normalized spacial score (nSPS) is 14.6. The molecule has 0 radical (unpaired) electrons. The van der Waals surface area contributed by atoms with Gasteiger partial charge in [0.1, 0.15) is 6.54 Å². The lowest BCUT2D eigenvalue weighted by Crippen LogP contribution is -2.44. The van der Waals surface area contributed by atoms with E-state index >= 15 is 0 Å². The summed E-state index contributed by atoms with van der Waals surface area (Å²) in [4.78, 5) is 18.8. The topological polar surface area (TPSA) is 89.1 Å². The van der Waals surface area contributed by atoms with Crippen LogP contribution in [0.5, 0.6) is 0 Å². The van der Waals surface area contributed by atoms with Crippen molar-refractivity contribution in [1.82, 2.24) is 25.2 Å². The fraction of sp³-hybridized carbons (Fsp3) is 0.294. The quantitative estimate of drug-likeness (QED) is 0.751. The van der Waals surface area contributed by atoms with E-state index in [4.69, 9.17) is 4.52 Å². The van der Waals surface area contributed by atoms with Crippen LogP contribution in [0.2, 0.25) is 0 Å². The van der Waals surface area contributed by atoms with Crippen molar-refractivity contribution in [2.75, 3.05) is 31.1 Å². The first kappa shape index (κ1) is 15.5. The molecule has 1 fully saturated rings. The average Bonchev–Trinajstić information content (AvgIpc) is 3.13. The van der Waals surface area contributed by atoms with Crippen molar-refractivity contribution in [1.29, 1.82) is 0 Å². The summed E-state index contributed by atoms with van der Waals surface area (Å²) < 4.78 is 6.57. The van der Waals surface area contributed by atoms with Gasteiger partial charge < -0.3 is 14.7 Å². The highest BCUT2D eigenvalue weighted by Crippen LogP contribution is 2.15. The molecule has 1 aromatic carbocycles. The zero-order valence-corrected chi connectivity index (χ0v) is 13.6. The van der Waals surface area contributed by atoms with E-state index in [-0.39, 0.29) is 12.1 Å². The lowest BCUT2D eigenvalue weighted by molar-refractivity contribution is 0.363. The van der Waals surface area contributed by atoms with Gasteiger partial charge in [0.25, 0.3) is 5.56 Å². The second kappa shape index (κ2) is 6.86. The number of hydrogen-bond donors (Lipinski definition) is 1. The third kappa shape index (κ3) is 3.43. The number of rotatable bonds is 4. The van der Waals surface area contributed by atoms with Crippen molar-refractivity contribution < 1.29 is 4.52 Å². The second-order valence-corrected chi connectivity index (χ2v) is 5.82. The highest BCUT2D eigenvalue weighted by atomic mass is 16.5. The van der Waals surface area contributed by atoms with Crippen LogP contribution in [0.15, 0.2) is 51.9 Å². The Morgan fingerprint density at radius 3 is 2.72 bits per heavy atom. The summed E-state index contributed by atoms with van der Waals surface area (Å²) in [5, 5.41) is 11.5. The molecule has 1 aliphatic heterocycles. The Morgan fingerprint density at radius 1 is 1.16 bits per heavy atom. The summed E-state index contributed by atoms with van der Waals surface area (Å²) in [6, 6.07) is 11.2. The molecule has 128 valence electrons. The molecule has 25 heavy (non-hydrogen) atoms. The standard InChI is InChI=1S/C17H18N6O2/c24-16-10-14(22-8-6-18-7-9-22)11-19-23(16)12-15-20-17(21-25-15)13-4-2-1-3-5-13/h1-5,10-11,18H,6-9,12H2. The van der Waals surface area contributed by atoms with Gasteiger partial charge in [-0.15, -0.1) is 0 Å². The highest BCUT2D eigenvalue weighted by molar-refractivity contribution is 5.53. The van der Waals surface area contributed by atoms with Crippen LogP contribution < -0.4 is 15.8 Å². The molecule has 0 bridgehead atoms. The van der Waals surface area contributed by atoms with Crippen molar-refractivity contribution in [2.24, 2.45) is 0 Å². The molecule has 1 saturated heterocycles.